The first-order valence-electron chi connectivity index (χ1n) is 3.54. The highest BCUT2D eigenvalue weighted by Crippen LogP contribution is 2.11. The van der Waals surface area contributed by atoms with Crippen LogP contribution < -0.4 is 0 Å². The Hall–Kier alpha value is -0.620. The van der Waals surface area contributed by atoms with Gasteiger partial charge in [-0.2, -0.15) is 0 Å². The molecule has 2 heteroatoms. The molecule has 1 unspecified atom stereocenters. The quantitative estimate of drug-likeness (QED) is 0.620. The van der Waals surface area contributed by atoms with Crippen molar-refractivity contribution >= 4 is 23.5 Å². The topological polar surface area (TPSA) is 0 Å². The van der Waals surface area contributed by atoms with Crippen molar-refractivity contribution in [3.05, 3.63) is 0 Å². The van der Waals surface area contributed by atoms with Crippen molar-refractivity contribution in [1.29, 1.82) is 0 Å². The molecule has 0 aromatic carbocycles. The van der Waals surface area contributed by atoms with E-state index in [0.29, 0.717) is 0 Å². The van der Waals surface area contributed by atoms with Crippen LogP contribution in [-0.2, 0) is 0 Å². The maximum atomic E-state index is 5.15. The fraction of sp³-hybridized carbons (Fsp3) is 0.400. The molecule has 12 heavy (non-hydrogen) atoms. The zero-order chi connectivity index (χ0) is 9.23. The van der Waals surface area contributed by atoms with Gasteiger partial charge >= 0.3 is 0 Å². The minimum absolute atomic E-state index is 0.251. The number of thioether (sulfide) groups is 2. The van der Waals surface area contributed by atoms with Gasteiger partial charge < -0.3 is 0 Å². The average Bonchev–Trinajstić information content (AvgIpc) is 2.10. The standard InChI is InChI=1S/C10H10S2/c1-4-8-11-9-7-10(5-2)12-6-3/h3,10H,5H2,1-2H3. The zero-order valence-corrected chi connectivity index (χ0v) is 8.81. The Morgan fingerprint density at radius 3 is 2.67 bits per heavy atom. The second kappa shape index (κ2) is 8.48. The monoisotopic (exact) mass is 194 g/mol. The molecule has 0 radical (unpaired) electrons. The van der Waals surface area contributed by atoms with Crippen molar-refractivity contribution in [2.24, 2.45) is 0 Å². The largest absolute Gasteiger partial charge is 0.108 e. The van der Waals surface area contributed by atoms with Crippen LogP contribution in [0.1, 0.15) is 20.3 Å². The lowest BCUT2D eigenvalue weighted by atomic mass is 10.3. The van der Waals surface area contributed by atoms with Gasteiger partial charge in [0.1, 0.15) is 0 Å². The molecule has 0 nitrogen and oxygen atoms in total. The van der Waals surface area contributed by atoms with Crippen molar-refractivity contribution in [3.63, 3.8) is 0 Å². The predicted molar refractivity (Wildman–Crippen MR) is 59.3 cm³/mol. The normalized spacial score (nSPS) is 9.75. The van der Waals surface area contributed by atoms with Crippen molar-refractivity contribution < 1.29 is 0 Å². The van der Waals surface area contributed by atoms with Gasteiger partial charge in [-0.15, -0.1) is 6.42 Å². The highest BCUT2D eigenvalue weighted by molar-refractivity contribution is 8.08. The Morgan fingerprint density at radius 1 is 1.42 bits per heavy atom. The summed E-state index contributed by atoms with van der Waals surface area (Å²) in [5.41, 5.74) is 0. The molecule has 0 aliphatic heterocycles. The molecular formula is C10H10S2. The maximum Gasteiger partial charge on any atom is 0.0786 e. The van der Waals surface area contributed by atoms with E-state index in [0.717, 1.165) is 6.42 Å². The Morgan fingerprint density at radius 2 is 2.17 bits per heavy atom. The van der Waals surface area contributed by atoms with Crippen LogP contribution in [0.3, 0.4) is 0 Å². The van der Waals surface area contributed by atoms with Gasteiger partial charge in [-0.25, -0.2) is 0 Å². The lowest BCUT2D eigenvalue weighted by Gasteiger charge is -1.98. The summed E-state index contributed by atoms with van der Waals surface area (Å²) >= 11 is 2.75. The van der Waals surface area contributed by atoms with Crippen molar-refractivity contribution in [2.75, 3.05) is 0 Å². The maximum absolute atomic E-state index is 5.15. The fourth-order valence-corrected chi connectivity index (χ4v) is 1.35. The number of hydrogen-bond acceptors (Lipinski definition) is 2. The average molecular weight is 194 g/mol. The minimum atomic E-state index is 0.251. The molecule has 0 saturated heterocycles. The van der Waals surface area contributed by atoms with Crippen LogP contribution >= 0.6 is 23.5 Å². The molecule has 0 amide bonds. The Kier molecular flexibility index (Phi) is 8.04. The molecule has 0 saturated carbocycles. The minimum Gasteiger partial charge on any atom is -0.108 e. The Labute approximate surface area is 83.3 Å². The molecule has 0 fully saturated rings. The molecule has 0 heterocycles. The first kappa shape index (κ1) is 11.4. The van der Waals surface area contributed by atoms with E-state index in [-0.39, 0.29) is 5.25 Å². The predicted octanol–water partition coefficient (Wildman–Crippen LogP) is 2.76. The molecule has 0 aliphatic carbocycles. The van der Waals surface area contributed by atoms with Gasteiger partial charge in [-0.3, -0.25) is 0 Å². The fourth-order valence-electron chi connectivity index (χ4n) is 0.469. The molecular weight excluding hydrogens is 184 g/mol. The van der Waals surface area contributed by atoms with E-state index < -0.39 is 0 Å². The SMILES string of the molecule is C#CSC(C#CSC#CC)CC. The van der Waals surface area contributed by atoms with E-state index in [1.807, 2.05) is 0 Å². The van der Waals surface area contributed by atoms with E-state index in [4.69, 9.17) is 6.42 Å². The highest BCUT2D eigenvalue weighted by Gasteiger charge is 1.98. The Bertz CT molecular complexity index is 264. The van der Waals surface area contributed by atoms with Gasteiger partial charge in [-0.1, -0.05) is 30.5 Å². The highest BCUT2D eigenvalue weighted by atomic mass is 32.2. The summed E-state index contributed by atoms with van der Waals surface area (Å²) in [6.07, 6.45) is 6.12. The van der Waals surface area contributed by atoms with Crippen molar-refractivity contribution in [1.82, 2.24) is 0 Å². The van der Waals surface area contributed by atoms with Crippen molar-refractivity contribution in [3.8, 4) is 34.0 Å². The summed E-state index contributed by atoms with van der Waals surface area (Å²) in [6, 6.07) is 0. The summed E-state index contributed by atoms with van der Waals surface area (Å²) < 4.78 is 0. The first-order valence-corrected chi connectivity index (χ1v) is 5.24. The van der Waals surface area contributed by atoms with E-state index >= 15 is 0 Å². The number of hydrogen-bond donors (Lipinski definition) is 0. The smallest absolute Gasteiger partial charge is 0.0786 e. The van der Waals surface area contributed by atoms with E-state index in [1.165, 1.54) is 23.5 Å². The van der Waals surface area contributed by atoms with Crippen LogP contribution in [0, 0.1) is 34.0 Å². The summed E-state index contributed by atoms with van der Waals surface area (Å²) in [6.45, 7) is 3.86. The third kappa shape index (κ3) is 6.11. The van der Waals surface area contributed by atoms with Gasteiger partial charge in [0, 0.05) is 11.8 Å². The molecule has 0 bridgehead atoms. The number of rotatable bonds is 2. The van der Waals surface area contributed by atoms with Crippen LogP contribution in [0.25, 0.3) is 0 Å². The van der Waals surface area contributed by atoms with Gasteiger partial charge in [0.05, 0.1) is 5.25 Å². The third-order valence-electron chi connectivity index (χ3n) is 1.01. The van der Waals surface area contributed by atoms with Crippen LogP contribution in [-0.4, -0.2) is 5.25 Å². The van der Waals surface area contributed by atoms with E-state index in [1.54, 1.807) is 6.92 Å². The first-order chi connectivity index (χ1) is 5.85. The third-order valence-corrected chi connectivity index (χ3v) is 2.40. The van der Waals surface area contributed by atoms with E-state index in [2.05, 4.69) is 34.5 Å². The molecule has 0 rings (SSSR count). The molecule has 0 spiro atoms. The van der Waals surface area contributed by atoms with Crippen LogP contribution in [0.4, 0.5) is 0 Å². The number of terminal acetylenes is 1. The molecule has 0 N–H and O–H groups in total. The molecule has 0 aliphatic rings. The summed E-state index contributed by atoms with van der Waals surface area (Å²) in [5.74, 6) is 5.79. The summed E-state index contributed by atoms with van der Waals surface area (Å²) in [7, 11) is 0. The Balaban J connectivity index is 3.86. The van der Waals surface area contributed by atoms with Crippen molar-refractivity contribution in [2.45, 2.75) is 25.5 Å². The summed E-state index contributed by atoms with van der Waals surface area (Å²) in [4.78, 5) is 0. The lowest BCUT2D eigenvalue weighted by Crippen LogP contribution is -1.92. The van der Waals surface area contributed by atoms with Crippen LogP contribution in [0.15, 0.2) is 0 Å². The van der Waals surface area contributed by atoms with Gasteiger partial charge in [0.15, 0.2) is 0 Å². The molecule has 0 aromatic rings. The van der Waals surface area contributed by atoms with Crippen LogP contribution in [0.2, 0.25) is 0 Å². The van der Waals surface area contributed by atoms with E-state index in [9.17, 15) is 0 Å². The van der Waals surface area contributed by atoms with Crippen LogP contribution in [0.5, 0.6) is 0 Å². The lowest BCUT2D eigenvalue weighted by molar-refractivity contribution is 1.01. The second-order valence-electron chi connectivity index (χ2n) is 1.83. The summed E-state index contributed by atoms with van der Waals surface area (Å²) in [5, 5.41) is 8.48. The second-order valence-corrected chi connectivity index (χ2v) is 3.49. The van der Waals surface area contributed by atoms with Gasteiger partial charge in [0.25, 0.3) is 0 Å². The molecule has 0 aromatic heterocycles. The van der Waals surface area contributed by atoms with Gasteiger partial charge in [-0.05, 0) is 29.1 Å². The van der Waals surface area contributed by atoms with Gasteiger partial charge in [0.2, 0.25) is 0 Å². The zero-order valence-electron chi connectivity index (χ0n) is 7.18. The molecule has 1 atom stereocenters. The molecule has 62 valence electrons.